The smallest absolute Gasteiger partial charge is 0.186 e. The maximum atomic E-state index is 4.29. The van der Waals surface area contributed by atoms with Crippen LogP contribution >= 0.6 is 27.7 Å². The lowest BCUT2D eigenvalue weighted by molar-refractivity contribution is 0.623. The van der Waals surface area contributed by atoms with Gasteiger partial charge in [-0.2, -0.15) is 0 Å². The van der Waals surface area contributed by atoms with Crippen molar-refractivity contribution in [1.29, 1.82) is 0 Å². The van der Waals surface area contributed by atoms with Gasteiger partial charge in [-0.05, 0) is 12.3 Å². The summed E-state index contributed by atoms with van der Waals surface area (Å²) in [5, 5.41) is 3.99. The molecular formula is C6H9BrN2S. The summed E-state index contributed by atoms with van der Waals surface area (Å²) in [6, 6.07) is 0. The van der Waals surface area contributed by atoms with Gasteiger partial charge in [0.2, 0.25) is 0 Å². The summed E-state index contributed by atoms with van der Waals surface area (Å²) in [6.07, 6.45) is 7.64. The third-order valence-electron chi connectivity index (χ3n) is 1.29. The minimum Gasteiger partial charge on any atom is -0.358 e. The maximum Gasteiger partial charge on any atom is 0.186 e. The third-order valence-corrected chi connectivity index (χ3v) is 3.52. The molecule has 0 radical (unpaired) electrons. The number of rotatable bonds is 2. The molecule has 0 aromatic rings. The van der Waals surface area contributed by atoms with Crippen molar-refractivity contribution in [3.8, 4) is 0 Å². The van der Waals surface area contributed by atoms with Crippen LogP contribution in [0.1, 0.15) is 0 Å². The lowest BCUT2D eigenvalue weighted by Gasteiger charge is -2.27. The molecule has 1 aliphatic heterocycles. The van der Waals surface area contributed by atoms with Gasteiger partial charge >= 0.3 is 0 Å². The van der Waals surface area contributed by atoms with Crippen molar-refractivity contribution in [2.24, 2.45) is 4.99 Å². The number of alkyl halides is 1. The molecule has 0 amide bonds. The number of hydrogen-bond acceptors (Lipinski definition) is 3. The average molecular weight is 221 g/mol. The number of halogens is 1. The van der Waals surface area contributed by atoms with Gasteiger partial charge in [0.05, 0.1) is 5.33 Å². The van der Waals surface area contributed by atoms with E-state index in [1.165, 1.54) is 0 Å². The molecule has 0 aliphatic carbocycles. The molecule has 0 saturated carbocycles. The zero-order chi connectivity index (χ0) is 7.45. The van der Waals surface area contributed by atoms with Crippen LogP contribution in [-0.4, -0.2) is 22.8 Å². The van der Waals surface area contributed by atoms with Crippen LogP contribution in [0, 0.1) is 0 Å². The topological polar surface area (TPSA) is 24.4 Å². The van der Waals surface area contributed by atoms with Crippen molar-refractivity contribution >= 4 is 33.9 Å². The summed E-state index contributed by atoms with van der Waals surface area (Å²) in [5.41, 5.74) is 0. The van der Waals surface area contributed by atoms with Gasteiger partial charge in [-0.1, -0.05) is 15.9 Å². The SMILES string of the molecule is CSC1(CBr)N=CC=CN1. The molecular weight excluding hydrogens is 212 g/mol. The fourth-order valence-electron chi connectivity index (χ4n) is 0.661. The van der Waals surface area contributed by atoms with Gasteiger partial charge in [0.25, 0.3) is 0 Å². The highest BCUT2D eigenvalue weighted by atomic mass is 79.9. The van der Waals surface area contributed by atoms with Crippen molar-refractivity contribution in [2.45, 2.75) is 4.99 Å². The molecule has 1 heterocycles. The molecule has 0 aromatic carbocycles. The van der Waals surface area contributed by atoms with E-state index in [4.69, 9.17) is 0 Å². The Kier molecular flexibility index (Phi) is 2.80. The fraction of sp³-hybridized carbons (Fsp3) is 0.500. The number of aliphatic imine (C=N–C) groups is 1. The zero-order valence-corrected chi connectivity index (χ0v) is 8.08. The predicted molar refractivity (Wildman–Crippen MR) is 50.8 cm³/mol. The normalized spacial score (nSPS) is 30.2. The molecule has 1 aliphatic rings. The van der Waals surface area contributed by atoms with E-state index in [-0.39, 0.29) is 4.99 Å². The van der Waals surface area contributed by atoms with E-state index in [1.54, 1.807) is 11.8 Å². The molecule has 1 unspecified atom stereocenters. The monoisotopic (exact) mass is 220 g/mol. The number of hydrogen-bond donors (Lipinski definition) is 1. The first-order valence-corrected chi connectivity index (χ1v) is 5.27. The molecule has 0 spiro atoms. The highest BCUT2D eigenvalue weighted by molar-refractivity contribution is 9.09. The van der Waals surface area contributed by atoms with Gasteiger partial charge < -0.3 is 5.32 Å². The summed E-state index contributed by atoms with van der Waals surface area (Å²) in [5.74, 6) is 0. The molecule has 0 fully saturated rings. The van der Waals surface area contributed by atoms with Crippen LogP contribution in [0.5, 0.6) is 0 Å². The van der Waals surface area contributed by atoms with Gasteiger partial charge in [-0.3, -0.25) is 4.99 Å². The van der Waals surface area contributed by atoms with Crippen molar-refractivity contribution in [2.75, 3.05) is 11.6 Å². The molecule has 56 valence electrons. The molecule has 10 heavy (non-hydrogen) atoms. The Balaban J connectivity index is 2.66. The third kappa shape index (κ3) is 1.55. The van der Waals surface area contributed by atoms with Crippen molar-refractivity contribution < 1.29 is 0 Å². The predicted octanol–water partition coefficient (Wildman–Crippen LogP) is 1.59. The highest BCUT2D eigenvalue weighted by Gasteiger charge is 2.24. The van der Waals surface area contributed by atoms with Crippen molar-refractivity contribution in [3.63, 3.8) is 0 Å². The largest absolute Gasteiger partial charge is 0.358 e. The van der Waals surface area contributed by atoms with E-state index in [9.17, 15) is 0 Å². The number of thioether (sulfide) groups is 1. The second-order valence-electron chi connectivity index (χ2n) is 1.90. The van der Waals surface area contributed by atoms with Crippen LogP contribution in [0.25, 0.3) is 0 Å². The first kappa shape index (κ1) is 8.14. The van der Waals surface area contributed by atoms with E-state index in [1.807, 2.05) is 24.7 Å². The molecule has 2 nitrogen and oxygen atoms in total. The summed E-state index contributed by atoms with van der Waals surface area (Å²) >= 11 is 5.08. The van der Waals surface area contributed by atoms with Gasteiger partial charge in [-0.25, -0.2) is 0 Å². The highest BCUT2D eigenvalue weighted by Crippen LogP contribution is 2.24. The van der Waals surface area contributed by atoms with Gasteiger partial charge in [-0.15, -0.1) is 11.8 Å². The molecule has 1 atom stereocenters. The number of nitrogens with zero attached hydrogens (tertiary/aromatic N) is 1. The van der Waals surface area contributed by atoms with Crippen LogP contribution in [0.15, 0.2) is 17.3 Å². The lowest BCUT2D eigenvalue weighted by atomic mass is 10.5. The molecule has 0 aromatic heterocycles. The van der Waals surface area contributed by atoms with E-state index < -0.39 is 0 Å². The second-order valence-corrected chi connectivity index (χ2v) is 3.55. The Morgan fingerprint density at radius 3 is 2.90 bits per heavy atom. The quantitative estimate of drug-likeness (QED) is 0.716. The Morgan fingerprint density at radius 1 is 1.80 bits per heavy atom. The Hall–Kier alpha value is 0.0400. The number of allylic oxidation sites excluding steroid dienone is 1. The van der Waals surface area contributed by atoms with E-state index in [0.29, 0.717) is 0 Å². The maximum absolute atomic E-state index is 4.29. The van der Waals surface area contributed by atoms with Crippen LogP contribution in [0.2, 0.25) is 0 Å². The molecule has 4 heteroatoms. The van der Waals surface area contributed by atoms with Gasteiger partial charge in [0.15, 0.2) is 4.99 Å². The Morgan fingerprint density at radius 2 is 2.60 bits per heavy atom. The standard InChI is InChI=1S/C6H9BrN2S/c1-10-6(5-7)8-3-2-4-9-6/h2-4,8H,5H2,1H3. The first-order valence-electron chi connectivity index (χ1n) is 2.92. The average Bonchev–Trinajstić information content (AvgIpc) is 2.06. The zero-order valence-electron chi connectivity index (χ0n) is 5.67. The molecule has 0 saturated heterocycles. The molecule has 0 bridgehead atoms. The Labute approximate surface area is 73.3 Å². The molecule has 1 rings (SSSR count). The van der Waals surface area contributed by atoms with E-state index in [0.717, 1.165) is 5.33 Å². The van der Waals surface area contributed by atoms with E-state index >= 15 is 0 Å². The second kappa shape index (κ2) is 3.44. The summed E-state index contributed by atoms with van der Waals surface area (Å²) in [7, 11) is 0. The van der Waals surface area contributed by atoms with E-state index in [2.05, 4.69) is 26.2 Å². The van der Waals surface area contributed by atoms with Crippen LogP contribution in [-0.2, 0) is 0 Å². The van der Waals surface area contributed by atoms with Crippen LogP contribution in [0.3, 0.4) is 0 Å². The van der Waals surface area contributed by atoms with Crippen molar-refractivity contribution in [3.05, 3.63) is 12.3 Å². The Bertz CT molecular complexity index is 163. The van der Waals surface area contributed by atoms with Crippen LogP contribution in [0.4, 0.5) is 0 Å². The van der Waals surface area contributed by atoms with Gasteiger partial charge in [0, 0.05) is 12.4 Å². The minimum atomic E-state index is -0.172. The lowest BCUT2D eigenvalue weighted by Crippen LogP contribution is -2.39. The first-order chi connectivity index (χ1) is 4.83. The summed E-state index contributed by atoms with van der Waals surface area (Å²) in [4.78, 5) is 4.12. The summed E-state index contributed by atoms with van der Waals surface area (Å²) < 4.78 is 0. The van der Waals surface area contributed by atoms with Crippen molar-refractivity contribution in [1.82, 2.24) is 5.32 Å². The minimum absolute atomic E-state index is 0.172. The number of nitrogens with one attached hydrogen (secondary N) is 1. The summed E-state index contributed by atoms with van der Waals surface area (Å²) in [6.45, 7) is 0. The molecule has 1 N–H and O–H groups in total. The van der Waals surface area contributed by atoms with Crippen LogP contribution < -0.4 is 5.32 Å². The fourth-order valence-corrected chi connectivity index (χ4v) is 2.12. The van der Waals surface area contributed by atoms with Gasteiger partial charge in [0.1, 0.15) is 0 Å².